The Morgan fingerprint density at radius 1 is 1.07 bits per heavy atom. The molecule has 0 radical (unpaired) electrons. The Balaban J connectivity index is 1.50. The molecule has 3 heterocycles. The van der Waals surface area contributed by atoms with Gasteiger partial charge in [-0.1, -0.05) is 18.2 Å². The molecule has 208 valence electrons. The number of nitrogens with zero attached hydrogens (tertiary/aromatic N) is 5. The summed E-state index contributed by atoms with van der Waals surface area (Å²) in [7, 11) is 0. The lowest BCUT2D eigenvalue weighted by molar-refractivity contribution is -0.143. The van der Waals surface area contributed by atoms with Crippen LogP contribution in [0.4, 0.5) is 4.39 Å². The maximum Gasteiger partial charge on any atom is 0.247 e. The van der Waals surface area contributed by atoms with E-state index in [1.165, 1.54) is 29.2 Å². The predicted octanol–water partition coefficient (Wildman–Crippen LogP) is 3.79. The number of furan rings is 1. The van der Waals surface area contributed by atoms with Gasteiger partial charge in [0.25, 0.3) is 0 Å². The number of nitrogens with one attached hydrogen (secondary N) is 1. The van der Waals surface area contributed by atoms with Gasteiger partial charge in [0, 0.05) is 12.1 Å². The van der Waals surface area contributed by atoms with E-state index in [1.807, 2.05) is 20.8 Å². The Morgan fingerprint density at radius 3 is 2.52 bits per heavy atom. The highest BCUT2D eigenvalue weighted by Crippen LogP contribution is 2.34. The third-order valence-electron chi connectivity index (χ3n) is 6.04. The number of benzene rings is 2. The monoisotopic (exact) mass is 548 g/mol. The molecule has 2 aromatic heterocycles. The van der Waals surface area contributed by atoms with Gasteiger partial charge in [-0.15, -0.1) is 10.2 Å². The van der Waals surface area contributed by atoms with Crippen LogP contribution in [0.2, 0.25) is 0 Å². The molecule has 0 fully saturated rings. The first-order valence-corrected chi connectivity index (χ1v) is 12.7. The summed E-state index contributed by atoms with van der Waals surface area (Å²) >= 11 is 0. The van der Waals surface area contributed by atoms with Gasteiger partial charge in [-0.25, -0.2) is 4.39 Å². The molecule has 2 aromatic carbocycles. The molecule has 11 nitrogen and oxygen atoms in total. The zero-order valence-corrected chi connectivity index (χ0v) is 22.6. The van der Waals surface area contributed by atoms with Crippen molar-refractivity contribution in [2.45, 2.75) is 52.4 Å². The summed E-state index contributed by atoms with van der Waals surface area (Å²) < 4.78 is 30.3. The number of halogens is 1. The van der Waals surface area contributed by atoms with Crippen LogP contribution in [0.5, 0.6) is 11.5 Å². The van der Waals surface area contributed by atoms with Gasteiger partial charge in [0.15, 0.2) is 17.3 Å². The van der Waals surface area contributed by atoms with Gasteiger partial charge in [0.1, 0.15) is 24.2 Å². The average Bonchev–Trinajstić information content (AvgIpc) is 3.64. The van der Waals surface area contributed by atoms with Crippen molar-refractivity contribution in [3.63, 3.8) is 0 Å². The summed E-state index contributed by atoms with van der Waals surface area (Å²) in [6.07, 6.45) is 0. The number of tetrazole rings is 1. The number of carbonyl (C=O) groups is 2. The fourth-order valence-corrected chi connectivity index (χ4v) is 4.29. The normalized spacial score (nSPS) is 13.2. The van der Waals surface area contributed by atoms with Gasteiger partial charge in [-0.2, -0.15) is 4.80 Å². The topological polar surface area (TPSA) is 125 Å². The molecule has 0 spiro atoms. The number of rotatable bonds is 8. The lowest BCUT2D eigenvalue weighted by Crippen LogP contribution is -2.49. The maximum atomic E-state index is 13.9. The number of ether oxygens (including phenoxy) is 2. The Labute approximate surface area is 229 Å². The van der Waals surface area contributed by atoms with Crippen molar-refractivity contribution in [3.8, 4) is 23.1 Å². The largest absolute Gasteiger partial charge is 0.458 e. The smallest absolute Gasteiger partial charge is 0.247 e. The Bertz CT molecular complexity index is 1520. The van der Waals surface area contributed by atoms with Crippen LogP contribution in [-0.4, -0.2) is 49.3 Å². The van der Waals surface area contributed by atoms with E-state index in [0.717, 1.165) is 4.80 Å². The molecule has 0 saturated heterocycles. The molecule has 1 aliphatic heterocycles. The molecule has 1 N–H and O–H groups in total. The van der Waals surface area contributed by atoms with E-state index in [4.69, 9.17) is 13.9 Å². The molecule has 0 bridgehead atoms. The zero-order valence-electron chi connectivity index (χ0n) is 22.6. The summed E-state index contributed by atoms with van der Waals surface area (Å²) in [4.78, 5) is 30.2. The van der Waals surface area contributed by atoms with Gasteiger partial charge in [0.2, 0.25) is 24.4 Å². The molecular weight excluding hydrogens is 519 g/mol. The number of hydrogen-bond donors (Lipinski definition) is 1. The van der Waals surface area contributed by atoms with E-state index >= 15 is 0 Å². The van der Waals surface area contributed by atoms with Crippen LogP contribution in [-0.2, 0) is 22.7 Å². The first-order chi connectivity index (χ1) is 19.1. The van der Waals surface area contributed by atoms with Crippen LogP contribution < -0.4 is 14.8 Å². The van der Waals surface area contributed by atoms with Crippen molar-refractivity contribution >= 4 is 11.8 Å². The van der Waals surface area contributed by atoms with E-state index < -0.39 is 29.2 Å². The molecule has 1 atom stereocenters. The van der Waals surface area contributed by atoms with E-state index in [1.54, 1.807) is 37.3 Å². The quantitative estimate of drug-likeness (QED) is 0.353. The van der Waals surface area contributed by atoms with Crippen LogP contribution in [0.1, 0.15) is 43.7 Å². The van der Waals surface area contributed by atoms with Crippen molar-refractivity contribution in [1.82, 2.24) is 30.4 Å². The zero-order chi connectivity index (χ0) is 28.4. The van der Waals surface area contributed by atoms with Gasteiger partial charge in [-0.05, 0) is 80.4 Å². The lowest BCUT2D eigenvalue weighted by atomic mass is 10.0. The van der Waals surface area contributed by atoms with Gasteiger partial charge >= 0.3 is 0 Å². The third-order valence-corrected chi connectivity index (χ3v) is 6.04. The summed E-state index contributed by atoms with van der Waals surface area (Å²) in [5, 5.41) is 15.2. The summed E-state index contributed by atoms with van der Waals surface area (Å²) in [5.74, 6) is 1.12. The van der Waals surface area contributed by atoms with Crippen molar-refractivity contribution in [1.29, 1.82) is 0 Å². The standard InChI is InChI=1S/C28H29FN6O5/c1-17-5-11-22(40-17)26-31-33-35(32-26)15-24(36)34(14-18-6-12-21-23(13-18)39-16-38-21)25(27(37)30-28(2,3)4)19-7-9-20(29)10-8-19/h5-13,25H,14-16H2,1-4H3,(H,30,37)/t25-/m1/s1. The van der Waals surface area contributed by atoms with E-state index in [9.17, 15) is 14.0 Å². The SMILES string of the molecule is Cc1ccc(-c2nnn(CC(=O)N(Cc3ccc4c(c3)OCO4)[C@@H](C(=O)NC(C)(C)C)c3ccc(F)cc3)n2)o1. The minimum atomic E-state index is -1.09. The average molecular weight is 549 g/mol. The van der Waals surface area contributed by atoms with Crippen LogP contribution >= 0.6 is 0 Å². The van der Waals surface area contributed by atoms with Gasteiger partial charge in [0.05, 0.1) is 0 Å². The molecule has 0 unspecified atom stereocenters. The first kappa shape index (κ1) is 26.9. The Kier molecular flexibility index (Phi) is 7.24. The van der Waals surface area contributed by atoms with Crippen molar-refractivity contribution < 1.29 is 27.9 Å². The van der Waals surface area contributed by atoms with E-state index in [2.05, 4.69) is 20.7 Å². The molecule has 0 saturated carbocycles. The van der Waals surface area contributed by atoms with Crippen LogP contribution in [0.3, 0.4) is 0 Å². The molecule has 2 amide bonds. The van der Waals surface area contributed by atoms with Gasteiger partial charge in [-0.3, -0.25) is 9.59 Å². The van der Waals surface area contributed by atoms with E-state index in [-0.39, 0.29) is 25.7 Å². The number of hydrogen-bond acceptors (Lipinski definition) is 8. The van der Waals surface area contributed by atoms with Crippen LogP contribution in [0, 0.1) is 12.7 Å². The predicted molar refractivity (Wildman–Crippen MR) is 140 cm³/mol. The highest BCUT2D eigenvalue weighted by molar-refractivity contribution is 5.89. The van der Waals surface area contributed by atoms with E-state index in [0.29, 0.717) is 34.1 Å². The number of fused-ring (bicyclic) bond motifs is 1. The van der Waals surface area contributed by atoms with Crippen LogP contribution in [0.25, 0.3) is 11.6 Å². The van der Waals surface area contributed by atoms with Crippen LogP contribution in [0.15, 0.2) is 59.0 Å². The van der Waals surface area contributed by atoms with Gasteiger partial charge < -0.3 is 24.1 Å². The highest BCUT2D eigenvalue weighted by atomic mass is 19.1. The fraction of sp³-hybridized carbons (Fsp3) is 0.321. The molecule has 1 aliphatic rings. The summed E-state index contributed by atoms with van der Waals surface area (Å²) in [6.45, 7) is 7.15. The number of aryl methyl sites for hydroxylation is 1. The third kappa shape index (κ3) is 6.11. The molecule has 4 aromatic rings. The first-order valence-electron chi connectivity index (χ1n) is 12.7. The molecule has 12 heteroatoms. The second-order valence-electron chi connectivity index (χ2n) is 10.5. The number of aromatic nitrogens is 4. The molecular formula is C28H29FN6O5. The summed E-state index contributed by atoms with van der Waals surface area (Å²) in [5.41, 5.74) is 0.550. The summed E-state index contributed by atoms with van der Waals surface area (Å²) in [6, 6.07) is 13.2. The Hall–Kier alpha value is -4.74. The molecule has 40 heavy (non-hydrogen) atoms. The minimum absolute atomic E-state index is 0.0357. The fourth-order valence-electron chi connectivity index (χ4n) is 4.29. The minimum Gasteiger partial charge on any atom is -0.458 e. The van der Waals surface area contributed by atoms with Crippen molar-refractivity contribution in [2.24, 2.45) is 0 Å². The second kappa shape index (κ2) is 10.8. The second-order valence-corrected chi connectivity index (χ2v) is 10.5. The van der Waals surface area contributed by atoms with Crippen molar-refractivity contribution in [2.75, 3.05) is 6.79 Å². The Morgan fingerprint density at radius 2 is 1.82 bits per heavy atom. The molecule has 0 aliphatic carbocycles. The number of carbonyl (C=O) groups excluding carboxylic acids is 2. The molecule has 5 rings (SSSR count). The lowest BCUT2D eigenvalue weighted by Gasteiger charge is -2.33. The highest BCUT2D eigenvalue weighted by Gasteiger charge is 2.34. The van der Waals surface area contributed by atoms with Crippen molar-refractivity contribution in [3.05, 3.63) is 77.3 Å². The maximum absolute atomic E-state index is 13.9. The number of amides is 2.